The van der Waals surface area contributed by atoms with E-state index in [1.165, 1.54) is 12.1 Å². The van der Waals surface area contributed by atoms with Crippen molar-refractivity contribution in [1.29, 1.82) is 0 Å². The lowest BCUT2D eigenvalue weighted by molar-refractivity contribution is 0.402. The van der Waals surface area contributed by atoms with E-state index in [0.29, 0.717) is 12.5 Å². The molecule has 1 rings (SSSR count). The molecule has 0 aliphatic carbocycles. The Labute approximate surface area is 90.2 Å². The molecule has 1 aromatic carbocycles. The first-order valence-electron chi connectivity index (χ1n) is 5.20. The van der Waals surface area contributed by atoms with E-state index in [1.807, 2.05) is 0 Å². The highest BCUT2D eigenvalue weighted by Gasteiger charge is 2.08. The smallest absolute Gasteiger partial charge is 0.123 e. The Morgan fingerprint density at radius 1 is 1.47 bits per heavy atom. The van der Waals surface area contributed by atoms with Gasteiger partial charge < -0.3 is 10.5 Å². The first kappa shape index (κ1) is 12.0. The van der Waals surface area contributed by atoms with Gasteiger partial charge >= 0.3 is 0 Å². The minimum atomic E-state index is -0.217. The van der Waals surface area contributed by atoms with Crippen LogP contribution in [0.25, 0.3) is 0 Å². The van der Waals surface area contributed by atoms with Crippen LogP contribution in [0.2, 0.25) is 0 Å². The molecule has 2 N–H and O–H groups in total. The van der Waals surface area contributed by atoms with Crippen LogP contribution in [-0.2, 0) is 6.42 Å². The third kappa shape index (κ3) is 3.51. The highest BCUT2D eigenvalue weighted by Crippen LogP contribution is 2.23. The van der Waals surface area contributed by atoms with Crippen molar-refractivity contribution in [3.63, 3.8) is 0 Å². The van der Waals surface area contributed by atoms with Crippen molar-refractivity contribution in [2.24, 2.45) is 11.7 Å². The maximum absolute atomic E-state index is 13.0. The molecule has 0 saturated heterocycles. The van der Waals surface area contributed by atoms with E-state index in [2.05, 4.69) is 6.92 Å². The van der Waals surface area contributed by atoms with Gasteiger partial charge in [-0.05, 0) is 49.1 Å². The minimum Gasteiger partial charge on any atom is -0.496 e. The lowest BCUT2D eigenvalue weighted by atomic mass is 9.97. The first-order valence-corrected chi connectivity index (χ1v) is 5.20. The van der Waals surface area contributed by atoms with Gasteiger partial charge in [-0.3, -0.25) is 0 Å². The van der Waals surface area contributed by atoms with Gasteiger partial charge in [0.1, 0.15) is 11.6 Å². The van der Waals surface area contributed by atoms with Crippen LogP contribution in [0.5, 0.6) is 5.75 Å². The number of hydrogen-bond acceptors (Lipinski definition) is 2. The van der Waals surface area contributed by atoms with Crippen molar-refractivity contribution in [1.82, 2.24) is 0 Å². The summed E-state index contributed by atoms with van der Waals surface area (Å²) in [5, 5.41) is 0. The summed E-state index contributed by atoms with van der Waals surface area (Å²) in [6.07, 6.45) is 1.75. The fourth-order valence-corrected chi connectivity index (χ4v) is 1.67. The summed E-state index contributed by atoms with van der Waals surface area (Å²) >= 11 is 0. The van der Waals surface area contributed by atoms with E-state index < -0.39 is 0 Å². The molecular weight excluding hydrogens is 193 g/mol. The van der Waals surface area contributed by atoms with E-state index in [-0.39, 0.29) is 5.82 Å². The van der Waals surface area contributed by atoms with Crippen LogP contribution in [0.3, 0.4) is 0 Å². The topological polar surface area (TPSA) is 35.2 Å². The molecule has 0 aliphatic heterocycles. The van der Waals surface area contributed by atoms with Crippen LogP contribution in [-0.4, -0.2) is 13.7 Å². The fourth-order valence-electron chi connectivity index (χ4n) is 1.67. The van der Waals surface area contributed by atoms with E-state index >= 15 is 0 Å². The first-order chi connectivity index (χ1) is 7.17. The second kappa shape index (κ2) is 5.71. The van der Waals surface area contributed by atoms with Gasteiger partial charge in [0.15, 0.2) is 0 Å². The maximum atomic E-state index is 13.0. The second-order valence-corrected chi connectivity index (χ2v) is 3.84. The minimum absolute atomic E-state index is 0.217. The van der Waals surface area contributed by atoms with Crippen LogP contribution in [0.15, 0.2) is 18.2 Å². The summed E-state index contributed by atoms with van der Waals surface area (Å²) in [5.41, 5.74) is 6.39. The molecule has 0 bridgehead atoms. The summed E-state index contributed by atoms with van der Waals surface area (Å²) in [7, 11) is 1.60. The van der Waals surface area contributed by atoms with Gasteiger partial charge in [-0.1, -0.05) is 6.92 Å². The molecule has 3 heteroatoms. The van der Waals surface area contributed by atoms with Gasteiger partial charge in [0.05, 0.1) is 7.11 Å². The molecule has 1 unspecified atom stereocenters. The molecule has 0 aliphatic rings. The number of hydrogen-bond donors (Lipinski definition) is 1. The number of halogens is 1. The van der Waals surface area contributed by atoms with Gasteiger partial charge in [-0.2, -0.15) is 0 Å². The third-order valence-corrected chi connectivity index (χ3v) is 2.47. The SMILES string of the molecule is COc1ccc(F)cc1CC(C)CCN. The predicted molar refractivity (Wildman–Crippen MR) is 59.5 cm³/mol. The molecule has 0 aromatic heterocycles. The van der Waals surface area contributed by atoms with Crippen LogP contribution in [0.1, 0.15) is 18.9 Å². The summed E-state index contributed by atoms with van der Waals surface area (Å²) in [4.78, 5) is 0. The van der Waals surface area contributed by atoms with E-state index in [1.54, 1.807) is 13.2 Å². The Hall–Kier alpha value is -1.09. The van der Waals surface area contributed by atoms with Crippen molar-refractivity contribution in [3.05, 3.63) is 29.6 Å². The van der Waals surface area contributed by atoms with Gasteiger partial charge in [-0.25, -0.2) is 4.39 Å². The lowest BCUT2D eigenvalue weighted by Gasteiger charge is -2.13. The summed E-state index contributed by atoms with van der Waals surface area (Å²) in [6, 6.07) is 4.61. The molecule has 0 fully saturated rings. The molecule has 15 heavy (non-hydrogen) atoms. The van der Waals surface area contributed by atoms with Gasteiger partial charge in [0.25, 0.3) is 0 Å². The van der Waals surface area contributed by atoms with E-state index in [4.69, 9.17) is 10.5 Å². The largest absolute Gasteiger partial charge is 0.496 e. The van der Waals surface area contributed by atoms with Gasteiger partial charge in [0.2, 0.25) is 0 Å². The molecule has 1 atom stereocenters. The highest BCUT2D eigenvalue weighted by atomic mass is 19.1. The standard InChI is InChI=1S/C12H18FNO/c1-9(5-6-14)7-10-8-11(13)3-4-12(10)15-2/h3-4,8-9H,5-7,14H2,1-2H3. The zero-order valence-corrected chi connectivity index (χ0v) is 9.29. The molecule has 0 spiro atoms. The predicted octanol–water partition coefficient (Wildman–Crippen LogP) is 2.36. The van der Waals surface area contributed by atoms with Crippen LogP contribution in [0.4, 0.5) is 4.39 Å². The number of rotatable bonds is 5. The Morgan fingerprint density at radius 2 is 2.20 bits per heavy atom. The third-order valence-electron chi connectivity index (χ3n) is 2.47. The fraction of sp³-hybridized carbons (Fsp3) is 0.500. The summed E-state index contributed by atoms with van der Waals surface area (Å²) in [5.74, 6) is 0.983. The van der Waals surface area contributed by atoms with Crippen molar-refractivity contribution >= 4 is 0 Å². The van der Waals surface area contributed by atoms with E-state index in [0.717, 1.165) is 24.2 Å². The zero-order valence-electron chi connectivity index (χ0n) is 9.29. The second-order valence-electron chi connectivity index (χ2n) is 3.84. The molecule has 0 heterocycles. The number of benzene rings is 1. The average molecular weight is 211 g/mol. The van der Waals surface area contributed by atoms with Crippen molar-refractivity contribution in [2.75, 3.05) is 13.7 Å². The normalized spacial score (nSPS) is 12.5. The summed E-state index contributed by atoms with van der Waals surface area (Å²) in [6.45, 7) is 2.77. The van der Waals surface area contributed by atoms with Crippen LogP contribution >= 0.6 is 0 Å². The van der Waals surface area contributed by atoms with Gasteiger partial charge in [0, 0.05) is 0 Å². The van der Waals surface area contributed by atoms with Crippen molar-refractivity contribution < 1.29 is 9.13 Å². The van der Waals surface area contributed by atoms with E-state index in [9.17, 15) is 4.39 Å². The maximum Gasteiger partial charge on any atom is 0.123 e. The molecule has 0 saturated carbocycles. The monoisotopic (exact) mass is 211 g/mol. The molecule has 0 radical (unpaired) electrons. The van der Waals surface area contributed by atoms with Crippen LogP contribution < -0.4 is 10.5 Å². The van der Waals surface area contributed by atoms with Crippen molar-refractivity contribution in [2.45, 2.75) is 19.8 Å². The lowest BCUT2D eigenvalue weighted by Crippen LogP contribution is -2.08. The van der Waals surface area contributed by atoms with Gasteiger partial charge in [-0.15, -0.1) is 0 Å². The molecule has 84 valence electrons. The zero-order chi connectivity index (χ0) is 11.3. The molecule has 2 nitrogen and oxygen atoms in total. The number of ether oxygens (including phenoxy) is 1. The van der Waals surface area contributed by atoms with Crippen LogP contribution in [0, 0.1) is 11.7 Å². The highest BCUT2D eigenvalue weighted by molar-refractivity contribution is 5.34. The molecule has 1 aromatic rings. The summed E-state index contributed by atoms with van der Waals surface area (Å²) < 4.78 is 18.2. The Kier molecular flexibility index (Phi) is 4.56. The number of nitrogens with two attached hydrogens (primary N) is 1. The quantitative estimate of drug-likeness (QED) is 0.811. The molecular formula is C12H18FNO. The Morgan fingerprint density at radius 3 is 2.80 bits per heavy atom. The Bertz CT molecular complexity index is 314. The Balaban J connectivity index is 2.77. The van der Waals surface area contributed by atoms with Crippen molar-refractivity contribution in [3.8, 4) is 5.75 Å². The molecule has 0 amide bonds. The average Bonchev–Trinajstić information content (AvgIpc) is 2.18. The number of methoxy groups -OCH3 is 1.